The molecule has 0 amide bonds. The van der Waals surface area contributed by atoms with Crippen LogP contribution >= 0.6 is 15.9 Å². The summed E-state index contributed by atoms with van der Waals surface area (Å²) in [5, 5.41) is 10.6. The number of aliphatic hydroxyl groups excluding tert-OH is 1. The van der Waals surface area contributed by atoms with Crippen molar-refractivity contribution in [2.75, 3.05) is 0 Å². The Morgan fingerprint density at radius 2 is 1.80 bits per heavy atom. The minimum Gasteiger partial charge on any atom is -0.393 e. The van der Waals surface area contributed by atoms with Crippen LogP contribution in [0.5, 0.6) is 0 Å². The van der Waals surface area contributed by atoms with Crippen LogP contribution in [-0.2, 0) is 14.2 Å². The molecule has 3 saturated heterocycles. The fraction of sp³-hybridized carbons (Fsp3) is 1.00. The molecule has 0 aromatic carbocycles. The van der Waals surface area contributed by atoms with Gasteiger partial charge in [0.05, 0.1) is 23.4 Å². The van der Waals surface area contributed by atoms with E-state index >= 15 is 0 Å². The zero-order valence-corrected chi connectivity index (χ0v) is 14.1. The molecule has 1 spiro atoms. The van der Waals surface area contributed by atoms with E-state index in [9.17, 15) is 5.11 Å². The van der Waals surface area contributed by atoms with Crippen LogP contribution in [0.3, 0.4) is 0 Å². The minimum atomic E-state index is -0.726. The predicted octanol–water partition coefficient (Wildman–Crippen LogP) is 2.36. The highest BCUT2D eigenvalue weighted by atomic mass is 79.9. The summed E-state index contributed by atoms with van der Waals surface area (Å²) < 4.78 is 19.3. The third-order valence-corrected chi connectivity index (χ3v) is 7.53. The lowest BCUT2D eigenvalue weighted by Gasteiger charge is -2.60. The smallest absolute Gasteiger partial charge is 0.199 e. The molecule has 1 N–H and O–H groups in total. The first kappa shape index (κ1) is 13.9. The van der Waals surface area contributed by atoms with E-state index in [1.165, 1.54) is 0 Å². The van der Waals surface area contributed by atoms with Crippen LogP contribution in [0.25, 0.3) is 0 Å². The monoisotopic (exact) mass is 346 g/mol. The predicted molar refractivity (Wildman–Crippen MR) is 76.7 cm³/mol. The molecule has 4 nitrogen and oxygen atoms in total. The minimum absolute atomic E-state index is 0.0773. The van der Waals surface area contributed by atoms with E-state index in [1.807, 2.05) is 0 Å². The average Bonchev–Trinajstić information content (AvgIpc) is 2.51. The van der Waals surface area contributed by atoms with Crippen molar-refractivity contribution in [1.29, 1.82) is 0 Å². The molecule has 1 saturated carbocycles. The van der Waals surface area contributed by atoms with Gasteiger partial charge >= 0.3 is 0 Å². The number of rotatable bonds is 0. The van der Waals surface area contributed by atoms with Crippen LogP contribution in [0.4, 0.5) is 0 Å². The lowest BCUT2D eigenvalue weighted by molar-refractivity contribution is -0.372. The summed E-state index contributed by atoms with van der Waals surface area (Å²) in [6, 6.07) is 0. The van der Waals surface area contributed by atoms with Crippen molar-refractivity contribution in [2.45, 2.75) is 86.6 Å². The summed E-state index contributed by atoms with van der Waals surface area (Å²) in [6.45, 7) is 8.31. The van der Waals surface area contributed by atoms with E-state index in [1.54, 1.807) is 0 Å². The van der Waals surface area contributed by atoms with E-state index in [4.69, 9.17) is 14.2 Å². The standard InChI is InChI=1S/C15H23BrO4/c1-12(2)10(16)7-15-14(4,19-12)8-5-11(18-15)13(3,20-15)6-9(8)17/h8-11,17H,5-7H2,1-4H3. The molecule has 20 heavy (non-hydrogen) atoms. The quantitative estimate of drug-likeness (QED) is 0.684. The van der Waals surface area contributed by atoms with E-state index in [0.717, 1.165) is 12.8 Å². The Balaban J connectivity index is 1.85. The number of halogens is 1. The van der Waals surface area contributed by atoms with Crippen LogP contribution in [0.2, 0.25) is 0 Å². The van der Waals surface area contributed by atoms with Gasteiger partial charge in [-0.2, -0.15) is 0 Å². The molecule has 4 rings (SSSR count). The van der Waals surface area contributed by atoms with Gasteiger partial charge in [0.2, 0.25) is 0 Å². The number of ether oxygens (including phenoxy) is 3. The van der Waals surface area contributed by atoms with Crippen LogP contribution in [0.1, 0.15) is 47.0 Å². The second kappa shape index (κ2) is 3.62. The summed E-state index contributed by atoms with van der Waals surface area (Å²) in [5.41, 5.74) is -1.28. The summed E-state index contributed by atoms with van der Waals surface area (Å²) in [4.78, 5) is 0.167. The van der Waals surface area contributed by atoms with Crippen LogP contribution in [0.15, 0.2) is 0 Å². The first-order valence-corrected chi connectivity index (χ1v) is 8.44. The average molecular weight is 347 g/mol. The van der Waals surface area contributed by atoms with Gasteiger partial charge < -0.3 is 19.3 Å². The van der Waals surface area contributed by atoms with Gasteiger partial charge in [0.1, 0.15) is 5.60 Å². The van der Waals surface area contributed by atoms with Crippen molar-refractivity contribution in [1.82, 2.24) is 0 Å². The molecule has 7 atom stereocenters. The maximum absolute atomic E-state index is 10.6. The Bertz CT molecular complexity index is 469. The van der Waals surface area contributed by atoms with Crippen molar-refractivity contribution < 1.29 is 19.3 Å². The SMILES string of the molecule is CC1(C)OC2(C)C3CC4OC2(CC1Br)OC4(C)CC3O. The number of hydrogen-bond acceptors (Lipinski definition) is 4. The van der Waals surface area contributed by atoms with Crippen molar-refractivity contribution in [3.63, 3.8) is 0 Å². The zero-order chi connectivity index (χ0) is 14.6. The Morgan fingerprint density at radius 1 is 1.10 bits per heavy atom. The van der Waals surface area contributed by atoms with Crippen molar-refractivity contribution in [2.24, 2.45) is 5.92 Å². The van der Waals surface area contributed by atoms with Gasteiger partial charge in [0.15, 0.2) is 5.79 Å². The third kappa shape index (κ3) is 1.42. The van der Waals surface area contributed by atoms with E-state index in [2.05, 4.69) is 43.6 Å². The van der Waals surface area contributed by atoms with Crippen LogP contribution in [-0.4, -0.2) is 44.7 Å². The van der Waals surface area contributed by atoms with Gasteiger partial charge in [0, 0.05) is 23.6 Å². The molecule has 3 heterocycles. The zero-order valence-electron chi connectivity index (χ0n) is 12.5. The maximum Gasteiger partial charge on any atom is 0.199 e. The van der Waals surface area contributed by atoms with E-state index < -0.39 is 11.4 Å². The number of fused-ring (bicyclic) bond motifs is 2. The van der Waals surface area contributed by atoms with Crippen molar-refractivity contribution in [3.8, 4) is 0 Å². The molecule has 7 unspecified atom stereocenters. The lowest BCUT2D eigenvalue weighted by atomic mass is 9.64. The molecule has 5 heteroatoms. The molecule has 4 fully saturated rings. The molecule has 3 bridgehead atoms. The molecule has 114 valence electrons. The van der Waals surface area contributed by atoms with Crippen molar-refractivity contribution in [3.05, 3.63) is 0 Å². The molecular weight excluding hydrogens is 324 g/mol. The van der Waals surface area contributed by atoms with Crippen molar-refractivity contribution >= 4 is 15.9 Å². The van der Waals surface area contributed by atoms with E-state index in [-0.39, 0.29) is 34.2 Å². The summed E-state index contributed by atoms with van der Waals surface area (Å²) in [5.74, 6) is -0.646. The van der Waals surface area contributed by atoms with Gasteiger partial charge in [-0.3, -0.25) is 0 Å². The topological polar surface area (TPSA) is 47.9 Å². The number of aliphatic hydroxyl groups is 1. The highest BCUT2D eigenvalue weighted by Crippen LogP contribution is 2.65. The molecule has 0 radical (unpaired) electrons. The van der Waals surface area contributed by atoms with Gasteiger partial charge in [-0.15, -0.1) is 0 Å². The molecule has 1 aliphatic carbocycles. The molecule has 3 aliphatic heterocycles. The summed E-state index contributed by atoms with van der Waals surface area (Å²) in [6.07, 6.45) is 1.91. The highest BCUT2D eigenvalue weighted by molar-refractivity contribution is 9.09. The molecule has 0 aromatic rings. The first-order valence-electron chi connectivity index (χ1n) is 7.52. The van der Waals surface area contributed by atoms with Crippen LogP contribution in [0, 0.1) is 5.92 Å². The lowest BCUT2D eigenvalue weighted by Crippen LogP contribution is -2.71. The van der Waals surface area contributed by atoms with Gasteiger partial charge in [-0.1, -0.05) is 15.9 Å². The summed E-state index contributed by atoms with van der Waals surface area (Å²) in [7, 11) is 0. The fourth-order valence-electron chi connectivity index (χ4n) is 4.87. The normalized spacial score (nSPS) is 63.3. The van der Waals surface area contributed by atoms with E-state index in [0.29, 0.717) is 6.42 Å². The fourth-order valence-corrected chi connectivity index (χ4v) is 5.39. The second-order valence-corrected chi connectivity index (χ2v) is 8.98. The van der Waals surface area contributed by atoms with Gasteiger partial charge in [0.25, 0.3) is 0 Å². The Hall–Kier alpha value is 0.320. The van der Waals surface area contributed by atoms with Gasteiger partial charge in [-0.25, -0.2) is 0 Å². The van der Waals surface area contributed by atoms with Crippen LogP contribution < -0.4 is 0 Å². The Morgan fingerprint density at radius 3 is 2.50 bits per heavy atom. The third-order valence-electron chi connectivity index (χ3n) is 6.10. The number of hydrogen-bond donors (Lipinski definition) is 1. The second-order valence-electron chi connectivity index (χ2n) is 7.87. The first-order chi connectivity index (χ1) is 9.12. The Kier molecular flexibility index (Phi) is 2.52. The highest BCUT2D eigenvalue weighted by Gasteiger charge is 2.76. The molecule has 0 aromatic heterocycles. The summed E-state index contributed by atoms with van der Waals surface area (Å²) >= 11 is 3.74. The Labute approximate surface area is 128 Å². The maximum atomic E-state index is 10.6. The molecule has 4 aliphatic rings. The van der Waals surface area contributed by atoms with Gasteiger partial charge in [-0.05, 0) is 34.1 Å². The molecular formula is C15H23BrO4. The largest absolute Gasteiger partial charge is 0.393 e. The number of alkyl halides is 1.